The van der Waals surface area contributed by atoms with Gasteiger partial charge in [-0.2, -0.15) is 4.31 Å². The van der Waals surface area contributed by atoms with Gasteiger partial charge in [-0.1, -0.05) is 24.2 Å². The van der Waals surface area contributed by atoms with Crippen molar-refractivity contribution in [1.82, 2.24) is 14.4 Å². The predicted octanol–water partition coefficient (Wildman–Crippen LogP) is 2.98. The van der Waals surface area contributed by atoms with Gasteiger partial charge in [0.25, 0.3) is 0 Å². The Balaban J connectivity index is 1.62. The lowest BCUT2D eigenvalue weighted by atomic mass is 9.86. The zero-order valence-corrected chi connectivity index (χ0v) is 18.0. The van der Waals surface area contributed by atoms with E-state index in [1.165, 1.54) is 4.31 Å². The molecule has 0 radical (unpaired) electrons. The molecule has 1 amide bonds. The van der Waals surface area contributed by atoms with Gasteiger partial charge in [-0.25, -0.2) is 8.42 Å². The fourth-order valence-electron chi connectivity index (χ4n) is 4.46. The molecule has 1 unspecified atom stereocenters. The summed E-state index contributed by atoms with van der Waals surface area (Å²) in [5.74, 6) is 0.651. The van der Waals surface area contributed by atoms with Crippen LogP contribution in [0.15, 0.2) is 33.7 Å². The number of amides is 1. The van der Waals surface area contributed by atoms with Crippen LogP contribution >= 0.6 is 0 Å². The molecule has 2 aliphatic rings. The number of carbonyl (C=O) groups is 1. The van der Waals surface area contributed by atoms with Crippen molar-refractivity contribution in [3.05, 3.63) is 35.5 Å². The zero-order chi connectivity index (χ0) is 20.8. The number of rotatable bonds is 5. The molecule has 3 heterocycles. The average molecular weight is 418 g/mol. The van der Waals surface area contributed by atoms with E-state index in [0.717, 1.165) is 31.6 Å². The molecule has 0 bridgehead atoms. The van der Waals surface area contributed by atoms with E-state index in [4.69, 9.17) is 4.52 Å². The molecule has 7 nitrogen and oxygen atoms in total. The van der Waals surface area contributed by atoms with E-state index in [2.05, 4.69) is 12.1 Å². The van der Waals surface area contributed by atoms with Crippen LogP contribution in [0.25, 0.3) is 11.3 Å². The number of hydrogen-bond donors (Lipinski definition) is 0. The van der Waals surface area contributed by atoms with Gasteiger partial charge < -0.3 is 9.42 Å². The van der Waals surface area contributed by atoms with E-state index in [-0.39, 0.29) is 17.3 Å². The van der Waals surface area contributed by atoms with Crippen LogP contribution < -0.4 is 0 Å². The summed E-state index contributed by atoms with van der Waals surface area (Å²) >= 11 is 0. The molecule has 156 valence electrons. The second-order valence-corrected chi connectivity index (χ2v) is 10.1. The second-order valence-electron chi connectivity index (χ2n) is 8.22. The maximum Gasteiger partial charge on any atom is 0.243 e. The van der Waals surface area contributed by atoms with E-state index >= 15 is 0 Å². The molecule has 1 atom stereocenters. The number of likely N-dealkylation sites (tertiary alicyclic amines) is 1. The minimum atomic E-state index is -3.71. The fraction of sp³-hybridized carbons (Fsp3) is 0.524. The van der Waals surface area contributed by atoms with Crippen LogP contribution in [0.2, 0.25) is 0 Å². The van der Waals surface area contributed by atoms with Gasteiger partial charge in [-0.3, -0.25) is 4.79 Å². The largest absolute Gasteiger partial charge is 0.356 e. The third-order valence-electron chi connectivity index (χ3n) is 6.13. The Bertz CT molecular complexity index is 1050. The molecule has 4 rings (SSSR count). The van der Waals surface area contributed by atoms with Crippen LogP contribution in [0.5, 0.6) is 0 Å². The highest BCUT2D eigenvalue weighted by Crippen LogP contribution is 2.43. The molecule has 0 aliphatic carbocycles. The summed E-state index contributed by atoms with van der Waals surface area (Å²) in [5.41, 5.74) is 1.53. The highest BCUT2D eigenvalue weighted by Gasteiger charge is 2.52. The number of carbonyl (C=O) groups excluding carboxylic acids is 1. The first-order valence-corrected chi connectivity index (χ1v) is 11.5. The lowest BCUT2D eigenvalue weighted by Crippen LogP contribution is -2.38. The molecule has 1 aromatic carbocycles. The van der Waals surface area contributed by atoms with Crippen LogP contribution in [-0.4, -0.2) is 54.9 Å². The van der Waals surface area contributed by atoms with Gasteiger partial charge in [-0.05, 0) is 44.7 Å². The van der Waals surface area contributed by atoms with E-state index in [9.17, 15) is 13.2 Å². The van der Waals surface area contributed by atoms with Crippen molar-refractivity contribution < 1.29 is 17.7 Å². The SMILES string of the molecule is CCCN1CCC2(CCN(S(=O)(=O)c3cc(-c4cc(C)no4)ccc3C)C2)C1=O. The van der Waals surface area contributed by atoms with Gasteiger partial charge >= 0.3 is 0 Å². The first kappa shape index (κ1) is 20.1. The van der Waals surface area contributed by atoms with E-state index < -0.39 is 15.4 Å². The van der Waals surface area contributed by atoms with Crippen molar-refractivity contribution >= 4 is 15.9 Å². The van der Waals surface area contributed by atoms with Crippen LogP contribution in [0, 0.1) is 19.3 Å². The molecule has 2 aromatic rings. The van der Waals surface area contributed by atoms with Crippen molar-refractivity contribution in [3.8, 4) is 11.3 Å². The number of aromatic nitrogens is 1. The lowest BCUT2D eigenvalue weighted by Gasteiger charge is -2.24. The Kier molecular flexibility index (Phi) is 5.02. The average Bonchev–Trinajstić information content (AvgIpc) is 3.39. The molecule has 1 aromatic heterocycles. The minimum Gasteiger partial charge on any atom is -0.356 e. The zero-order valence-electron chi connectivity index (χ0n) is 17.1. The van der Waals surface area contributed by atoms with Gasteiger partial charge in [0.15, 0.2) is 5.76 Å². The normalized spacial score (nSPS) is 22.9. The lowest BCUT2D eigenvalue weighted by molar-refractivity contribution is -0.135. The van der Waals surface area contributed by atoms with Gasteiger partial charge in [0.05, 0.1) is 16.0 Å². The second kappa shape index (κ2) is 7.25. The van der Waals surface area contributed by atoms with Crippen molar-refractivity contribution in [3.63, 3.8) is 0 Å². The summed E-state index contributed by atoms with van der Waals surface area (Å²) in [7, 11) is -3.71. The third-order valence-corrected chi connectivity index (χ3v) is 8.12. The summed E-state index contributed by atoms with van der Waals surface area (Å²) < 4.78 is 33.7. The summed E-state index contributed by atoms with van der Waals surface area (Å²) in [6, 6.07) is 7.05. The third kappa shape index (κ3) is 3.38. The monoisotopic (exact) mass is 417 g/mol. The van der Waals surface area contributed by atoms with Crippen LogP contribution in [0.1, 0.15) is 37.4 Å². The molecule has 0 saturated carbocycles. The molecule has 2 saturated heterocycles. The smallest absolute Gasteiger partial charge is 0.243 e. The van der Waals surface area contributed by atoms with E-state index in [0.29, 0.717) is 29.9 Å². The molecule has 0 N–H and O–H groups in total. The highest BCUT2D eigenvalue weighted by atomic mass is 32.2. The van der Waals surface area contributed by atoms with Gasteiger partial charge in [0.2, 0.25) is 15.9 Å². The molecule has 2 fully saturated rings. The summed E-state index contributed by atoms with van der Waals surface area (Å²) in [6.07, 6.45) is 2.23. The fourth-order valence-corrected chi connectivity index (χ4v) is 6.24. The van der Waals surface area contributed by atoms with Crippen LogP contribution in [0.4, 0.5) is 0 Å². The van der Waals surface area contributed by atoms with Gasteiger partial charge in [0.1, 0.15) is 0 Å². The number of sulfonamides is 1. The minimum absolute atomic E-state index is 0.111. The summed E-state index contributed by atoms with van der Waals surface area (Å²) in [5, 5.41) is 3.89. The van der Waals surface area contributed by atoms with Crippen molar-refractivity contribution in [2.75, 3.05) is 26.2 Å². The highest BCUT2D eigenvalue weighted by molar-refractivity contribution is 7.89. The molecule has 2 aliphatic heterocycles. The molecule has 29 heavy (non-hydrogen) atoms. The molecule has 1 spiro atoms. The number of hydrogen-bond acceptors (Lipinski definition) is 5. The Morgan fingerprint density at radius 1 is 1.17 bits per heavy atom. The first-order chi connectivity index (χ1) is 13.8. The number of nitrogens with zero attached hydrogens (tertiary/aromatic N) is 3. The summed E-state index contributed by atoms with van der Waals surface area (Å²) in [6.45, 7) is 7.76. The molecule has 8 heteroatoms. The van der Waals surface area contributed by atoms with Crippen LogP contribution in [-0.2, 0) is 14.8 Å². The van der Waals surface area contributed by atoms with Crippen molar-refractivity contribution in [1.29, 1.82) is 0 Å². The molecular formula is C21H27N3O4S. The summed E-state index contributed by atoms with van der Waals surface area (Å²) in [4.78, 5) is 15.1. The van der Waals surface area contributed by atoms with Gasteiger partial charge in [-0.15, -0.1) is 0 Å². The molecular weight excluding hydrogens is 390 g/mol. The number of aryl methyl sites for hydroxylation is 2. The Hall–Kier alpha value is -2.19. The maximum absolute atomic E-state index is 13.5. The Morgan fingerprint density at radius 2 is 1.93 bits per heavy atom. The van der Waals surface area contributed by atoms with E-state index in [1.54, 1.807) is 25.1 Å². The Morgan fingerprint density at radius 3 is 2.62 bits per heavy atom. The predicted molar refractivity (Wildman–Crippen MR) is 109 cm³/mol. The van der Waals surface area contributed by atoms with E-state index in [1.807, 2.05) is 17.9 Å². The Labute approximate surface area is 171 Å². The van der Waals surface area contributed by atoms with Crippen molar-refractivity contribution in [2.45, 2.75) is 44.9 Å². The quantitative estimate of drug-likeness (QED) is 0.747. The van der Waals surface area contributed by atoms with Crippen molar-refractivity contribution in [2.24, 2.45) is 5.41 Å². The topological polar surface area (TPSA) is 83.7 Å². The van der Waals surface area contributed by atoms with Crippen LogP contribution in [0.3, 0.4) is 0 Å². The number of benzene rings is 1. The maximum atomic E-state index is 13.5. The standard InChI is InChI=1S/C21H27N3O4S/c1-4-9-23-10-7-21(20(23)25)8-11-24(14-21)29(26,27)19-13-17(6-5-15(19)2)18-12-16(3)22-28-18/h5-6,12-13H,4,7-11,14H2,1-3H3. The van der Waals surface area contributed by atoms with Gasteiger partial charge in [0, 0.05) is 37.8 Å². The first-order valence-electron chi connectivity index (χ1n) is 10.1.